The van der Waals surface area contributed by atoms with Gasteiger partial charge in [-0.1, -0.05) is 42.8 Å². The first-order valence-corrected chi connectivity index (χ1v) is 10.0. The molecule has 2 amide bonds. The number of hydrogen-bond acceptors (Lipinski definition) is 4. The van der Waals surface area contributed by atoms with Gasteiger partial charge in [0.15, 0.2) is 0 Å². The molecule has 1 aliphatic rings. The van der Waals surface area contributed by atoms with Gasteiger partial charge in [0.2, 0.25) is 5.91 Å². The Hall–Kier alpha value is -2.93. The van der Waals surface area contributed by atoms with Gasteiger partial charge in [0, 0.05) is 25.5 Å². The molecular formula is C22H28N4O3. The van der Waals surface area contributed by atoms with Crippen LogP contribution >= 0.6 is 0 Å². The first kappa shape index (κ1) is 20.8. The van der Waals surface area contributed by atoms with Crippen molar-refractivity contribution in [3.8, 4) is 0 Å². The van der Waals surface area contributed by atoms with Crippen molar-refractivity contribution in [1.82, 2.24) is 14.8 Å². The maximum Gasteiger partial charge on any atom is 0.407 e. The summed E-state index contributed by atoms with van der Waals surface area (Å²) in [5.74, 6) is -0.481. The van der Waals surface area contributed by atoms with Crippen LogP contribution in [0, 0.1) is 0 Å². The summed E-state index contributed by atoms with van der Waals surface area (Å²) in [4.78, 5) is 31.2. The van der Waals surface area contributed by atoms with Gasteiger partial charge in [-0.15, -0.1) is 0 Å². The van der Waals surface area contributed by atoms with E-state index in [0.717, 1.165) is 31.2 Å². The SMILES string of the molecule is NC(=O)C1CN(C(=O)O)C(c2cccnc2)CN1CCCCCc1ccccc1. The molecule has 3 rings (SSSR count). The normalized spacial score (nSPS) is 19.8. The van der Waals surface area contributed by atoms with Gasteiger partial charge in [0.05, 0.1) is 6.04 Å². The average Bonchev–Trinajstić information content (AvgIpc) is 2.74. The van der Waals surface area contributed by atoms with E-state index >= 15 is 0 Å². The third kappa shape index (κ3) is 5.54. The Kier molecular flexibility index (Phi) is 7.19. The molecule has 0 radical (unpaired) electrons. The van der Waals surface area contributed by atoms with Gasteiger partial charge >= 0.3 is 6.09 Å². The fourth-order valence-electron chi connectivity index (χ4n) is 3.93. The Bertz CT molecular complexity index is 800. The molecule has 0 saturated carbocycles. The number of unbranched alkanes of at least 4 members (excludes halogenated alkanes) is 2. The van der Waals surface area contributed by atoms with Crippen LogP contribution in [0.2, 0.25) is 0 Å². The number of nitrogens with two attached hydrogens (primary N) is 1. The second-order valence-electron chi connectivity index (χ2n) is 7.45. The lowest BCUT2D eigenvalue weighted by atomic mass is 10.00. The van der Waals surface area contributed by atoms with Crippen molar-refractivity contribution >= 4 is 12.0 Å². The predicted octanol–water partition coefficient (Wildman–Crippen LogP) is 2.69. The van der Waals surface area contributed by atoms with Gasteiger partial charge in [-0.25, -0.2) is 4.79 Å². The minimum absolute atomic E-state index is 0.0776. The largest absolute Gasteiger partial charge is 0.465 e. The molecule has 0 aliphatic carbocycles. The van der Waals surface area contributed by atoms with Gasteiger partial charge < -0.3 is 10.8 Å². The van der Waals surface area contributed by atoms with Crippen LogP contribution in [0.15, 0.2) is 54.9 Å². The highest BCUT2D eigenvalue weighted by molar-refractivity contribution is 5.81. The Balaban J connectivity index is 1.60. The van der Waals surface area contributed by atoms with Gasteiger partial charge in [0.1, 0.15) is 6.04 Å². The van der Waals surface area contributed by atoms with Crippen LogP contribution in [0.5, 0.6) is 0 Å². The number of nitrogens with zero attached hydrogens (tertiary/aromatic N) is 3. The van der Waals surface area contributed by atoms with E-state index in [1.807, 2.05) is 29.2 Å². The summed E-state index contributed by atoms with van der Waals surface area (Å²) >= 11 is 0. The Labute approximate surface area is 171 Å². The molecule has 3 N–H and O–H groups in total. The fourth-order valence-corrected chi connectivity index (χ4v) is 3.93. The summed E-state index contributed by atoms with van der Waals surface area (Å²) in [5.41, 5.74) is 7.75. The molecule has 2 atom stereocenters. The molecule has 1 aliphatic heterocycles. The van der Waals surface area contributed by atoms with Crippen LogP contribution in [-0.2, 0) is 11.2 Å². The number of carbonyl (C=O) groups excluding carboxylic acids is 1. The van der Waals surface area contributed by atoms with Gasteiger partial charge in [-0.3, -0.25) is 19.6 Å². The van der Waals surface area contributed by atoms with Crippen molar-refractivity contribution < 1.29 is 14.7 Å². The van der Waals surface area contributed by atoms with Gasteiger partial charge in [-0.05, 0) is 43.0 Å². The van der Waals surface area contributed by atoms with Crippen LogP contribution in [-0.4, -0.2) is 57.6 Å². The first-order chi connectivity index (χ1) is 14.1. The summed E-state index contributed by atoms with van der Waals surface area (Å²) in [6, 6.07) is 13.1. The highest BCUT2D eigenvalue weighted by Crippen LogP contribution is 2.28. The van der Waals surface area contributed by atoms with Crippen LogP contribution in [0.3, 0.4) is 0 Å². The molecule has 2 heterocycles. The zero-order valence-corrected chi connectivity index (χ0v) is 16.5. The fraction of sp³-hybridized carbons (Fsp3) is 0.409. The Morgan fingerprint density at radius 2 is 1.86 bits per heavy atom. The highest BCUT2D eigenvalue weighted by atomic mass is 16.4. The topological polar surface area (TPSA) is 99.8 Å². The second-order valence-corrected chi connectivity index (χ2v) is 7.45. The average molecular weight is 396 g/mol. The molecule has 2 unspecified atom stereocenters. The highest BCUT2D eigenvalue weighted by Gasteiger charge is 2.39. The molecule has 1 aromatic heterocycles. The number of piperazine rings is 1. The lowest BCUT2D eigenvalue weighted by molar-refractivity contribution is -0.126. The maximum absolute atomic E-state index is 12.0. The van der Waals surface area contributed by atoms with Crippen molar-refractivity contribution in [1.29, 1.82) is 0 Å². The molecule has 154 valence electrons. The van der Waals surface area contributed by atoms with Crippen molar-refractivity contribution in [2.75, 3.05) is 19.6 Å². The lowest BCUT2D eigenvalue weighted by Gasteiger charge is -2.44. The Morgan fingerprint density at radius 1 is 1.07 bits per heavy atom. The number of primary amides is 1. The third-order valence-electron chi connectivity index (χ3n) is 5.49. The molecule has 29 heavy (non-hydrogen) atoms. The van der Waals surface area contributed by atoms with E-state index in [0.29, 0.717) is 13.1 Å². The third-order valence-corrected chi connectivity index (χ3v) is 5.49. The number of pyridine rings is 1. The lowest BCUT2D eigenvalue weighted by Crippen LogP contribution is -2.60. The van der Waals surface area contributed by atoms with Crippen LogP contribution in [0.1, 0.15) is 36.4 Å². The van der Waals surface area contributed by atoms with Crippen LogP contribution < -0.4 is 5.73 Å². The monoisotopic (exact) mass is 396 g/mol. The Morgan fingerprint density at radius 3 is 2.52 bits per heavy atom. The van der Waals surface area contributed by atoms with Crippen LogP contribution in [0.4, 0.5) is 4.79 Å². The molecule has 2 aromatic rings. The minimum atomic E-state index is -1.05. The number of hydrogen-bond donors (Lipinski definition) is 2. The van der Waals surface area contributed by atoms with Crippen molar-refractivity contribution in [3.63, 3.8) is 0 Å². The number of aromatic nitrogens is 1. The van der Waals surface area contributed by atoms with Crippen molar-refractivity contribution in [3.05, 3.63) is 66.0 Å². The summed E-state index contributed by atoms with van der Waals surface area (Å²) in [6.45, 7) is 1.23. The molecule has 1 fully saturated rings. The molecule has 1 aromatic carbocycles. The van der Waals surface area contributed by atoms with Crippen LogP contribution in [0.25, 0.3) is 0 Å². The molecule has 1 saturated heterocycles. The minimum Gasteiger partial charge on any atom is -0.465 e. The van der Waals surface area contributed by atoms with E-state index in [9.17, 15) is 14.7 Å². The van der Waals surface area contributed by atoms with Gasteiger partial charge in [0.25, 0.3) is 0 Å². The summed E-state index contributed by atoms with van der Waals surface area (Å²) in [6.07, 6.45) is 6.38. The number of carbonyl (C=O) groups is 2. The molecule has 0 bridgehead atoms. The second kappa shape index (κ2) is 10.0. The summed E-state index contributed by atoms with van der Waals surface area (Å²) < 4.78 is 0. The molecular weight excluding hydrogens is 368 g/mol. The molecule has 7 nitrogen and oxygen atoms in total. The molecule has 0 spiro atoms. The first-order valence-electron chi connectivity index (χ1n) is 10.0. The van der Waals surface area contributed by atoms with Crippen molar-refractivity contribution in [2.24, 2.45) is 5.73 Å². The standard InChI is InChI=1S/C22H28N4O3/c23-21(27)20-16-26(22(28)29)19(18-11-7-12-24-14-18)15-25(20)13-6-2-5-10-17-8-3-1-4-9-17/h1,3-4,7-9,11-12,14,19-20H,2,5-6,10,13,15-16H2,(H2,23,27)(H,28,29). The number of rotatable bonds is 8. The zero-order chi connectivity index (χ0) is 20.6. The number of aryl methyl sites for hydroxylation is 1. The van der Waals surface area contributed by atoms with E-state index in [1.165, 1.54) is 10.5 Å². The summed E-state index contributed by atoms with van der Waals surface area (Å²) in [5, 5.41) is 9.64. The van der Waals surface area contributed by atoms with Gasteiger partial charge in [-0.2, -0.15) is 0 Å². The number of carboxylic acid groups (broad SMARTS) is 1. The van der Waals surface area contributed by atoms with Crippen molar-refractivity contribution in [2.45, 2.75) is 37.8 Å². The smallest absolute Gasteiger partial charge is 0.407 e. The zero-order valence-electron chi connectivity index (χ0n) is 16.5. The van der Waals surface area contributed by atoms with E-state index in [1.54, 1.807) is 18.5 Å². The van der Waals surface area contributed by atoms with E-state index < -0.39 is 18.0 Å². The summed E-state index contributed by atoms with van der Waals surface area (Å²) in [7, 11) is 0. The molecule has 7 heteroatoms. The predicted molar refractivity (Wildman–Crippen MR) is 110 cm³/mol. The quantitative estimate of drug-likeness (QED) is 0.668. The van der Waals surface area contributed by atoms with E-state index in [2.05, 4.69) is 17.1 Å². The number of amides is 2. The number of benzene rings is 1. The van der Waals surface area contributed by atoms with E-state index in [4.69, 9.17) is 5.73 Å². The maximum atomic E-state index is 12.0. The van der Waals surface area contributed by atoms with E-state index in [-0.39, 0.29) is 12.6 Å².